The van der Waals surface area contributed by atoms with Crippen LogP contribution < -0.4 is 10.5 Å². The quantitative estimate of drug-likeness (QED) is 0.502. The molecule has 0 saturated heterocycles. The predicted molar refractivity (Wildman–Crippen MR) is 69.3 cm³/mol. The Labute approximate surface area is 117 Å². The van der Waals surface area contributed by atoms with Crippen molar-refractivity contribution in [2.24, 2.45) is 0 Å². The van der Waals surface area contributed by atoms with Gasteiger partial charge in [-0.2, -0.15) is 13.2 Å². The molecule has 0 amide bonds. The highest BCUT2D eigenvalue weighted by Gasteiger charge is 2.26. The second kappa shape index (κ2) is 6.27. The lowest BCUT2D eigenvalue weighted by Gasteiger charge is -2.13. The number of benzene rings is 1. The molecule has 0 fully saturated rings. The number of ketones is 1. The zero-order chi connectivity index (χ0) is 14.6. The van der Waals surface area contributed by atoms with Crippen LogP contribution in [0.25, 0.3) is 0 Å². The van der Waals surface area contributed by atoms with Crippen LogP contribution in [-0.2, 0) is 0 Å². The van der Waals surface area contributed by atoms with Gasteiger partial charge in [0.15, 0.2) is 11.5 Å². The molecule has 106 valence electrons. The maximum atomic E-state index is 12.0. The molecule has 7 heteroatoms. The van der Waals surface area contributed by atoms with Crippen molar-refractivity contribution in [3.05, 3.63) is 22.2 Å². The number of hydrogen-bond acceptors (Lipinski definition) is 3. The van der Waals surface area contributed by atoms with E-state index in [0.29, 0.717) is 4.47 Å². The molecular weight excluding hydrogens is 327 g/mol. The first-order valence-electron chi connectivity index (χ1n) is 5.50. The summed E-state index contributed by atoms with van der Waals surface area (Å²) in [5.74, 6) is -0.128. The van der Waals surface area contributed by atoms with Crippen LogP contribution in [0.3, 0.4) is 0 Å². The van der Waals surface area contributed by atoms with Crippen molar-refractivity contribution in [3.8, 4) is 5.75 Å². The minimum absolute atomic E-state index is 0.137. The van der Waals surface area contributed by atoms with Gasteiger partial charge in [0.1, 0.15) is 0 Å². The van der Waals surface area contributed by atoms with Gasteiger partial charge in [-0.1, -0.05) is 15.9 Å². The first-order chi connectivity index (χ1) is 8.70. The highest BCUT2D eigenvalue weighted by atomic mass is 79.9. The lowest BCUT2D eigenvalue weighted by molar-refractivity contribution is -0.136. The Balaban J connectivity index is 2.75. The summed E-state index contributed by atoms with van der Waals surface area (Å²) in [5.41, 5.74) is 6.16. The van der Waals surface area contributed by atoms with Gasteiger partial charge in [-0.15, -0.1) is 0 Å². The largest absolute Gasteiger partial charge is 0.491 e. The maximum absolute atomic E-state index is 12.0. The molecule has 0 aromatic heterocycles. The number of nitrogens with two attached hydrogens (primary N) is 1. The van der Waals surface area contributed by atoms with E-state index < -0.39 is 12.6 Å². The number of halogens is 4. The van der Waals surface area contributed by atoms with Gasteiger partial charge >= 0.3 is 6.18 Å². The van der Waals surface area contributed by atoms with Crippen molar-refractivity contribution in [2.45, 2.75) is 25.9 Å². The molecule has 2 N–H and O–H groups in total. The third kappa shape index (κ3) is 5.10. The van der Waals surface area contributed by atoms with Crippen LogP contribution in [0.2, 0.25) is 0 Å². The Kier molecular flexibility index (Phi) is 5.22. The fourth-order valence-electron chi connectivity index (χ4n) is 1.48. The molecule has 3 nitrogen and oxygen atoms in total. The molecule has 0 saturated carbocycles. The van der Waals surface area contributed by atoms with E-state index in [4.69, 9.17) is 10.5 Å². The van der Waals surface area contributed by atoms with E-state index in [1.54, 1.807) is 0 Å². The van der Waals surface area contributed by atoms with E-state index in [-0.39, 0.29) is 35.8 Å². The number of anilines is 1. The molecule has 0 unspecified atom stereocenters. The second-order valence-corrected chi connectivity index (χ2v) is 4.91. The predicted octanol–water partition coefficient (Wildman–Crippen LogP) is 3.96. The van der Waals surface area contributed by atoms with E-state index >= 15 is 0 Å². The first kappa shape index (κ1) is 15.8. The SMILES string of the molecule is CC(=O)c1cc(Br)cc(N)c1OCCCC(F)(F)F. The van der Waals surface area contributed by atoms with E-state index in [0.717, 1.165) is 0 Å². The molecule has 0 atom stereocenters. The molecular formula is C12H13BrF3NO2. The van der Waals surface area contributed by atoms with Crippen molar-refractivity contribution in [1.82, 2.24) is 0 Å². The highest BCUT2D eigenvalue weighted by molar-refractivity contribution is 9.10. The molecule has 0 radical (unpaired) electrons. The molecule has 0 bridgehead atoms. The van der Waals surface area contributed by atoms with Crippen LogP contribution in [0.5, 0.6) is 5.75 Å². The molecule has 0 heterocycles. The van der Waals surface area contributed by atoms with Crippen molar-refractivity contribution in [1.29, 1.82) is 0 Å². The molecule has 19 heavy (non-hydrogen) atoms. The Morgan fingerprint density at radius 3 is 2.58 bits per heavy atom. The maximum Gasteiger partial charge on any atom is 0.389 e. The summed E-state index contributed by atoms with van der Waals surface area (Å²) in [6.07, 6.45) is -5.33. The third-order valence-electron chi connectivity index (χ3n) is 2.31. The summed E-state index contributed by atoms with van der Waals surface area (Å²) in [7, 11) is 0. The molecule has 0 spiro atoms. The normalized spacial score (nSPS) is 11.4. The summed E-state index contributed by atoms with van der Waals surface area (Å²) < 4.78 is 41.8. The van der Waals surface area contributed by atoms with Crippen LogP contribution in [0.15, 0.2) is 16.6 Å². The Hall–Kier alpha value is -1.24. The topological polar surface area (TPSA) is 52.3 Å². The first-order valence-corrected chi connectivity index (χ1v) is 6.29. The summed E-state index contributed by atoms with van der Waals surface area (Å²) in [6, 6.07) is 3.06. The fourth-order valence-corrected chi connectivity index (χ4v) is 1.96. The van der Waals surface area contributed by atoms with Crippen molar-refractivity contribution < 1.29 is 22.7 Å². The van der Waals surface area contributed by atoms with E-state index in [2.05, 4.69) is 15.9 Å². The Morgan fingerprint density at radius 2 is 2.05 bits per heavy atom. The van der Waals surface area contributed by atoms with Crippen LogP contribution in [0.1, 0.15) is 30.1 Å². The number of Topliss-reactive ketones (excluding diaryl/α,β-unsaturated/α-hetero) is 1. The average molecular weight is 340 g/mol. The van der Waals surface area contributed by atoms with Crippen LogP contribution >= 0.6 is 15.9 Å². The number of carbonyl (C=O) groups is 1. The zero-order valence-corrected chi connectivity index (χ0v) is 11.8. The van der Waals surface area contributed by atoms with Gasteiger partial charge in [-0.25, -0.2) is 0 Å². The monoisotopic (exact) mass is 339 g/mol. The zero-order valence-electron chi connectivity index (χ0n) is 10.2. The fraction of sp³-hybridized carbons (Fsp3) is 0.417. The number of carbonyl (C=O) groups excluding carboxylic acids is 1. The summed E-state index contributed by atoms with van der Waals surface area (Å²) in [4.78, 5) is 11.4. The van der Waals surface area contributed by atoms with Crippen LogP contribution in [-0.4, -0.2) is 18.6 Å². The van der Waals surface area contributed by atoms with Crippen molar-refractivity contribution >= 4 is 27.4 Å². The Morgan fingerprint density at radius 1 is 1.42 bits per heavy atom. The second-order valence-electron chi connectivity index (χ2n) is 4.00. The molecule has 1 aromatic carbocycles. The van der Waals surface area contributed by atoms with Crippen LogP contribution in [0.4, 0.5) is 18.9 Å². The van der Waals surface area contributed by atoms with Gasteiger partial charge in [-0.3, -0.25) is 4.79 Å². The lowest BCUT2D eigenvalue weighted by atomic mass is 10.1. The number of alkyl halides is 3. The lowest BCUT2D eigenvalue weighted by Crippen LogP contribution is -2.11. The van der Waals surface area contributed by atoms with Crippen LogP contribution in [0, 0.1) is 0 Å². The number of nitrogen functional groups attached to an aromatic ring is 1. The van der Waals surface area contributed by atoms with Crippen molar-refractivity contribution in [2.75, 3.05) is 12.3 Å². The van der Waals surface area contributed by atoms with Gasteiger partial charge in [0.05, 0.1) is 17.9 Å². The molecule has 0 aliphatic carbocycles. The smallest absolute Gasteiger partial charge is 0.389 e. The van der Waals surface area contributed by atoms with E-state index in [1.165, 1.54) is 19.1 Å². The summed E-state index contributed by atoms with van der Waals surface area (Å²) in [6.45, 7) is 1.19. The highest BCUT2D eigenvalue weighted by Crippen LogP contribution is 2.31. The van der Waals surface area contributed by atoms with E-state index in [1.807, 2.05) is 0 Å². The van der Waals surface area contributed by atoms with Gasteiger partial charge in [0.2, 0.25) is 0 Å². The summed E-state index contributed by atoms with van der Waals surface area (Å²) in [5, 5.41) is 0. The number of ether oxygens (including phenoxy) is 1. The number of rotatable bonds is 5. The van der Waals surface area contributed by atoms with Crippen molar-refractivity contribution in [3.63, 3.8) is 0 Å². The van der Waals surface area contributed by atoms with Gasteiger partial charge in [0, 0.05) is 10.9 Å². The Bertz CT molecular complexity index is 475. The average Bonchev–Trinajstić information content (AvgIpc) is 2.24. The van der Waals surface area contributed by atoms with E-state index in [9.17, 15) is 18.0 Å². The minimum Gasteiger partial charge on any atom is -0.491 e. The van der Waals surface area contributed by atoms with Gasteiger partial charge in [0.25, 0.3) is 0 Å². The summed E-state index contributed by atoms with van der Waals surface area (Å²) >= 11 is 3.19. The third-order valence-corrected chi connectivity index (χ3v) is 2.77. The molecule has 1 aromatic rings. The molecule has 0 aliphatic heterocycles. The number of hydrogen-bond donors (Lipinski definition) is 1. The molecule has 0 aliphatic rings. The van der Waals surface area contributed by atoms with Gasteiger partial charge in [-0.05, 0) is 25.5 Å². The minimum atomic E-state index is -4.21. The van der Waals surface area contributed by atoms with Gasteiger partial charge < -0.3 is 10.5 Å². The molecule has 1 rings (SSSR count). The standard InChI is InChI=1S/C12H13BrF3NO2/c1-7(18)9-5-8(13)6-10(17)11(9)19-4-2-3-12(14,15)16/h5-6H,2-4,17H2,1H3.